The lowest BCUT2D eigenvalue weighted by atomic mass is 10.0. The summed E-state index contributed by atoms with van der Waals surface area (Å²) in [5, 5.41) is 11.1. The Labute approximate surface area is 82.2 Å². The van der Waals surface area contributed by atoms with Crippen LogP contribution < -0.4 is 5.73 Å². The van der Waals surface area contributed by atoms with E-state index in [4.69, 9.17) is 10.8 Å². The van der Waals surface area contributed by atoms with Gasteiger partial charge in [-0.25, -0.2) is 0 Å². The molecule has 2 rings (SSSR count). The molecule has 3 N–H and O–H groups in total. The molecule has 0 radical (unpaired) electrons. The lowest BCUT2D eigenvalue weighted by Crippen LogP contribution is -2.14. The normalized spacial score (nSPS) is 13.0. The second-order valence-corrected chi connectivity index (χ2v) is 3.27. The molecule has 2 aromatic rings. The summed E-state index contributed by atoms with van der Waals surface area (Å²) in [6.07, 6.45) is 3.56. The molecule has 3 heteroatoms. The van der Waals surface area contributed by atoms with E-state index in [1.807, 2.05) is 30.5 Å². The van der Waals surface area contributed by atoms with Crippen LogP contribution in [0.25, 0.3) is 10.8 Å². The van der Waals surface area contributed by atoms with Gasteiger partial charge in [0.25, 0.3) is 0 Å². The van der Waals surface area contributed by atoms with E-state index in [1.54, 1.807) is 6.20 Å². The van der Waals surface area contributed by atoms with Crippen LogP contribution in [0.5, 0.6) is 0 Å². The van der Waals surface area contributed by atoms with Gasteiger partial charge < -0.3 is 10.8 Å². The summed E-state index contributed by atoms with van der Waals surface area (Å²) in [5.74, 6) is 0. The number of nitrogens with zero attached hydrogens (tertiary/aromatic N) is 1. The van der Waals surface area contributed by atoms with Crippen molar-refractivity contribution in [1.82, 2.24) is 4.98 Å². The van der Waals surface area contributed by atoms with Gasteiger partial charge in [-0.2, -0.15) is 0 Å². The first-order valence-corrected chi connectivity index (χ1v) is 4.51. The summed E-state index contributed by atoms with van der Waals surface area (Å²) < 4.78 is 0. The molecule has 0 fully saturated rings. The molecule has 0 saturated carbocycles. The largest absolute Gasteiger partial charge is 0.394 e. The molecular weight excluding hydrogens is 176 g/mol. The van der Waals surface area contributed by atoms with Crippen molar-refractivity contribution in [3.05, 3.63) is 42.2 Å². The summed E-state index contributed by atoms with van der Waals surface area (Å²) in [4.78, 5) is 4.03. The fourth-order valence-electron chi connectivity index (χ4n) is 1.44. The Hall–Kier alpha value is -1.45. The predicted octanol–water partition coefficient (Wildman–Crippen LogP) is 1.23. The highest BCUT2D eigenvalue weighted by Crippen LogP contribution is 2.17. The van der Waals surface area contributed by atoms with Crippen molar-refractivity contribution in [3.63, 3.8) is 0 Å². The van der Waals surface area contributed by atoms with E-state index in [0.29, 0.717) is 0 Å². The zero-order valence-corrected chi connectivity index (χ0v) is 7.72. The van der Waals surface area contributed by atoms with Crippen molar-refractivity contribution in [3.8, 4) is 0 Å². The molecule has 1 heterocycles. The van der Waals surface area contributed by atoms with Crippen LogP contribution in [-0.2, 0) is 0 Å². The Kier molecular flexibility index (Phi) is 2.43. The minimum Gasteiger partial charge on any atom is -0.394 e. The van der Waals surface area contributed by atoms with Gasteiger partial charge >= 0.3 is 0 Å². The molecule has 1 atom stereocenters. The number of hydrogen-bond acceptors (Lipinski definition) is 3. The standard InChI is InChI=1S/C11H12N2O/c12-11(7-14)9-1-2-10-6-13-4-3-8(10)5-9/h1-6,11,14H,7,12H2. The average Bonchev–Trinajstić information content (AvgIpc) is 2.27. The first-order chi connectivity index (χ1) is 6.81. The van der Waals surface area contributed by atoms with Crippen molar-refractivity contribution in [1.29, 1.82) is 0 Å². The summed E-state index contributed by atoms with van der Waals surface area (Å²) in [6.45, 7) is -0.0312. The van der Waals surface area contributed by atoms with Gasteiger partial charge in [0.05, 0.1) is 12.6 Å². The molecule has 0 spiro atoms. The molecule has 1 aromatic heterocycles. The Bertz CT molecular complexity index is 442. The molecule has 1 unspecified atom stereocenters. The number of hydrogen-bond donors (Lipinski definition) is 2. The monoisotopic (exact) mass is 188 g/mol. The molecule has 0 aliphatic heterocycles. The van der Waals surface area contributed by atoms with E-state index < -0.39 is 0 Å². The van der Waals surface area contributed by atoms with Crippen LogP contribution in [0.3, 0.4) is 0 Å². The quantitative estimate of drug-likeness (QED) is 0.745. The van der Waals surface area contributed by atoms with Crippen molar-refractivity contribution in [2.45, 2.75) is 6.04 Å². The number of pyridine rings is 1. The van der Waals surface area contributed by atoms with Gasteiger partial charge in [-0.1, -0.05) is 12.1 Å². The zero-order chi connectivity index (χ0) is 9.97. The number of aliphatic hydroxyl groups is 1. The number of rotatable bonds is 2. The fraction of sp³-hybridized carbons (Fsp3) is 0.182. The fourth-order valence-corrected chi connectivity index (χ4v) is 1.44. The topological polar surface area (TPSA) is 59.1 Å². The van der Waals surface area contributed by atoms with E-state index >= 15 is 0 Å². The highest BCUT2D eigenvalue weighted by atomic mass is 16.3. The van der Waals surface area contributed by atoms with E-state index in [1.165, 1.54) is 0 Å². The molecule has 3 nitrogen and oxygen atoms in total. The van der Waals surface area contributed by atoms with Crippen molar-refractivity contribution in [2.24, 2.45) is 5.73 Å². The molecule has 1 aromatic carbocycles. The second-order valence-electron chi connectivity index (χ2n) is 3.27. The van der Waals surface area contributed by atoms with Gasteiger partial charge in [-0.3, -0.25) is 4.98 Å². The van der Waals surface area contributed by atoms with Crippen LogP contribution in [0.2, 0.25) is 0 Å². The van der Waals surface area contributed by atoms with Crippen molar-refractivity contribution < 1.29 is 5.11 Å². The summed E-state index contributed by atoms with van der Waals surface area (Å²) in [6, 6.07) is 7.51. The predicted molar refractivity (Wildman–Crippen MR) is 55.8 cm³/mol. The number of aromatic nitrogens is 1. The van der Waals surface area contributed by atoms with Crippen LogP contribution in [0.1, 0.15) is 11.6 Å². The average molecular weight is 188 g/mol. The molecule has 0 amide bonds. The molecule has 72 valence electrons. The molecule has 0 bridgehead atoms. The third-order valence-corrected chi connectivity index (χ3v) is 2.29. The minimum atomic E-state index is -0.299. The summed E-state index contributed by atoms with van der Waals surface area (Å²) in [7, 11) is 0. The van der Waals surface area contributed by atoms with E-state index in [0.717, 1.165) is 16.3 Å². The SMILES string of the molecule is NC(CO)c1ccc2cnccc2c1. The lowest BCUT2D eigenvalue weighted by Gasteiger charge is -2.08. The molecule has 14 heavy (non-hydrogen) atoms. The number of nitrogens with two attached hydrogens (primary N) is 1. The van der Waals surface area contributed by atoms with Crippen LogP contribution in [0, 0.1) is 0 Å². The molecule has 0 saturated heterocycles. The Balaban J connectivity index is 2.51. The van der Waals surface area contributed by atoms with Gasteiger partial charge in [-0.15, -0.1) is 0 Å². The third kappa shape index (κ3) is 1.60. The van der Waals surface area contributed by atoms with Gasteiger partial charge in [0.1, 0.15) is 0 Å². The molecule has 0 aliphatic rings. The summed E-state index contributed by atoms with van der Waals surface area (Å²) >= 11 is 0. The maximum Gasteiger partial charge on any atom is 0.0624 e. The second kappa shape index (κ2) is 3.74. The lowest BCUT2D eigenvalue weighted by molar-refractivity contribution is 0.268. The highest BCUT2D eigenvalue weighted by Gasteiger charge is 2.04. The van der Waals surface area contributed by atoms with Crippen molar-refractivity contribution in [2.75, 3.05) is 6.61 Å². The van der Waals surface area contributed by atoms with Crippen LogP contribution >= 0.6 is 0 Å². The zero-order valence-electron chi connectivity index (χ0n) is 7.72. The Morgan fingerprint density at radius 1 is 1.29 bits per heavy atom. The number of benzene rings is 1. The Morgan fingerprint density at radius 2 is 2.14 bits per heavy atom. The van der Waals surface area contributed by atoms with Gasteiger partial charge in [0, 0.05) is 17.8 Å². The van der Waals surface area contributed by atoms with E-state index in [-0.39, 0.29) is 12.6 Å². The van der Waals surface area contributed by atoms with Crippen LogP contribution in [-0.4, -0.2) is 16.7 Å². The number of aliphatic hydroxyl groups excluding tert-OH is 1. The molecular formula is C11H12N2O. The number of fused-ring (bicyclic) bond motifs is 1. The van der Waals surface area contributed by atoms with E-state index in [9.17, 15) is 0 Å². The maximum absolute atomic E-state index is 8.92. The Morgan fingerprint density at radius 3 is 2.93 bits per heavy atom. The van der Waals surface area contributed by atoms with Gasteiger partial charge in [-0.05, 0) is 23.1 Å². The first kappa shape index (κ1) is 9.12. The van der Waals surface area contributed by atoms with Gasteiger partial charge in [0.15, 0.2) is 0 Å². The summed E-state index contributed by atoms with van der Waals surface area (Å²) in [5.41, 5.74) is 6.67. The van der Waals surface area contributed by atoms with Crippen LogP contribution in [0.4, 0.5) is 0 Å². The minimum absolute atomic E-state index is 0.0312. The van der Waals surface area contributed by atoms with Crippen LogP contribution in [0.15, 0.2) is 36.7 Å². The smallest absolute Gasteiger partial charge is 0.0624 e. The van der Waals surface area contributed by atoms with Crippen molar-refractivity contribution >= 4 is 10.8 Å². The van der Waals surface area contributed by atoms with E-state index in [2.05, 4.69) is 4.98 Å². The first-order valence-electron chi connectivity index (χ1n) is 4.51. The molecule has 0 aliphatic carbocycles. The maximum atomic E-state index is 8.92. The third-order valence-electron chi connectivity index (χ3n) is 2.29. The highest BCUT2D eigenvalue weighted by molar-refractivity contribution is 5.82. The van der Waals surface area contributed by atoms with Gasteiger partial charge in [0.2, 0.25) is 0 Å².